The lowest BCUT2D eigenvalue weighted by molar-refractivity contribution is 0.0946. The monoisotopic (exact) mass is 464 g/mol. The van der Waals surface area contributed by atoms with Crippen molar-refractivity contribution >= 4 is 27.5 Å². The van der Waals surface area contributed by atoms with Gasteiger partial charge in [-0.25, -0.2) is 8.42 Å². The summed E-state index contributed by atoms with van der Waals surface area (Å²) in [6, 6.07) is 10.2. The van der Waals surface area contributed by atoms with Crippen LogP contribution in [0.25, 0.3) is 0 Å². The van der Waals surface area contributed by atoms with E-state index >= 15 is 0 Å². The Morgan fingerprint density at radius 1 is 1.03 bits per heavy atom. The lowest BCUT2D eigenvalue weighted by atomic mass is 10.1. The van der Waals surface area contributed by atoms with Gasteiger partial charge >= 0.3 is 0 Å². The molecular formula is C23H29ClN2O4S. The van der Waals surface area contributed by atoms with Gasteiger partial charge in [-0.1, -0.05) is 36.6 Å². The van der Waals surface area contributed by atoms with Crippen LogP contribution in [0.4, 0.5) is 0 Å². The van der Waals surface area contributed by atoms with Gasteiger partial charge in [0.25, 0.3) is 5.91 Å². The number of nitrogens with one attached hydrogen (secondary N) is 1. The van der Waals surface area contributed by atoms with E-state index < -0.39 is 10.0 Å². The molecule has 1 amide bonds. The third kappa shape index (κ3) is 5.99. The summed E-state index contributed by atoms with van der Waals surface area (Å²) in [6.45, 7) is 5.28. The van der Waals surface area contributed by atoms with Gasteiger partial charge in [0.15, 0.2) is 0 Å². The largest absolute Gasteiger partial charge is 0.492 e. The highest BCUT2D eigenvalue weighted by atomic mass is 35.5. The molecule has 0 aromatic heterocycles. The molecule has 2 aromatic rings. The summed E-state index contributed by atoms with van der Waals surface area (Å²) in [7, 11) is -3.62. The minimum Gasteiger partial charge on any atom is -0.492 e. The lowest BCUT2D eigenvalue weighted by Gasteiger charge is -2.21. The Labute approximate surface area is 189 Å². The van der Waals surface area contributed by atoms with E-state index in [4.69, 9.17) is 16.3 Å². The second kappa shape index (κ2) is 10.5. The number of sulfonamides is 1. The van der Waals surface area contributed by atoms with Crippen molar-refractivity contribution in [2.24, 2.45) is 0 Å². The predicted octanol–water partition coefficient (Wildman–Crippen LogP) is 4.33. The fourth-order valence-electron chi connectivity index (χ4n) is 3.54. The molecule has 3 rings (SSSR count). The molecule has 31 heavy (non-hydrogen) atoms. The van der Waals surface area contributed by atoms with Crippen molar-refractivity contribution in [2.75, 3.05) is 26.2 Å². The van der Waals surface area contributed by atoms with Crippen LogP contribution in [0.5, 0.6) is 5.75 Å². The lowest BCUT2D eigenvalue weighted by Crippen LogP contribution is -2.33. The highest BCUT2D eigenvalue weighted by Crippen LogP contribution is 2.24. The summed E-state index contributed by atoms with van der Waals surface area (Å²) in [5, 5.41) is 3.40. The molecule has 6 nitrogen and oxygen atoms in total. The number of carbonyl (C=O) groups excluding carboxylic acids is 1. The molecule has 0 saturated carbocycles. The molecule has 1 saturated heterocycles. The van der Waals surface area contributed by atoms with Gasteiger partial charge in [0.1, 0.15) is 12.4 Å². The average molecular weight is 465 g/mol. The number of hydrogen-bond acceptors (Lipinski definition) is 4. The smallest absolute Gasteiger partial charge is 0.251 e. The molecule has 168 valence electrons. The van der Waals surface area contributed by atoms with E-state index in [1.54, 1.807) is 29.4 Å². The first-order valence-corrected chi connectivity index (χ1v) is 12.4. The first-order chi connectivity index (χ1) is 14.8. The summed E-state index contributed by atoms with van der Waals surface area (Å²) in [5.41, 5.74) is 1.92. The number of aryl methyl sites for hydroxylation is 2. The first kappa shape index (κ1) is 23.6. The van der Waals surface area contributed by atoms with Crippen LogP contribution in [0, 0.1) is 13.8 Å². The molecule has 0 spiro atoms. The second-order valence-corrected chi connectivity index (χ2v) is 10.1. The van der Waals surface area contributed by atoms with Crippen LogP contribution in [-0.2, 0) is 10.0 Å². The highest BCUT2D eigenvalue weighted by Gasteiger charge is 2.27. The van der Waals surface area contributed by atoms with Crippen molar-refractivity contribution in [3.63, 3.8) is 0 Å². The summed E-state index contributed by atoms with van der Waals surface area (Å²) < 4.78 is 33.5. The Morgan fingerprint density at radius 3 is 2.39 bits per heavy atom. The zero-order valence-electron chi connectivity index (χ0n) is 18.0. The molecule has 1 N–H and O–H groups in total. The Hall–Kier alpha value is -2.09. The Morgan fingerprint density at radius 2 is 1.71 bits per heavy atom. The number of hydrogen-bond donors (Lipinski definition) is 1. The molecule has 0 aliphatic carbocycles. The van der Waals surface area contributed by atoms with E-state index in [1.165, 1.54) is 6.07 Å². The first-order valence-electron chi connectivity index (χ1n) is 10.6. The number of rotatable bonds is 7. The molecule has 0 bridgehead atoms. The number of amides is 1. The standard InChI is InChI=1S/C23H29ClN2O4S/c1-17-8-10-20(16-21(17)24)30-14-11-25-23(27)19-9-7-18(2)22(15-19)31(28,29)26-12-5-3-4-6-13-26/h7-10,15-16H,3-6,11-14H2,1-2H3,(H,25,27). The number of halogens is 1. The number of ether oxygens (including phenoxy) is 1. The van der Waals surface area contributed by atoms with Gasteiger partial charge in [-0.3, -0.25) is 4.79 Å². The maximum absolute atomic E-state index is 13.2. The molecule has 8 heteroatoms. The van der Waals surface area contributed by atoms with Crippen LogP contribution in [-0.4, -0.2) is 44.9 Å². The normalized spacial score (nSPS) is 15.3. The molecule has 2 aromatic carbocycles. The van der Waals surface area contributed by atoms with E-state index in [9.17, 15) is 13.2 Å². The molecule has 1 fully saturated rings. The molecule has 1 heterocycles. The van der Waals surface area contributed by atoms with Crippen LogP contribution in [0.1, 0.15) is 47.2 Å². The van der Waals surface area contributed by atoms with Gasteiger partial charge in [0.05, 0.1) is 11.4 Å². The van der Waals surface area contributed by atoms with Crippen molar-refractivity contribution < 1.29 is 17.9 Å². The molecule has 0 radical (unpaired) electrons. The second-order valence-electron chi connectivity index (χ2n) is 7.81. The van der Waals surface area contributed by atoms with Crippen LogP contribution in [0.3, 0.4) is 0 Å². The van der Waals surface area contributed by atoms with Gasteiger partial charge < -0.3 is 10.1 Å². The Bertz CT molecular complexity index is 1030. The van der Waals surface area contributed by atoms with Crippen molar-refractivity contribution in [3.8, 4) is 5.75 Å². The topological polar surface area (TPSA) is 75.7 Å². The summed E-state index contributed by atoms with van der Waals surface area (Å²) in [4.78, 5) is 12.8. The number of benzene rings is 2. The van der Waals surface area contributed by atoms with Crippen LogP contribution in [0.2, 0.25) is 5.02 Å². The zero-order chi connectivity index (χ0) is 22.4. The van der Waals surface area contributed by atoms with Crippen LogP contribution < -0.4 is 10.1 Å². The van der Waals surface area contributed by atoms with E-state index in [-0.39, 0.29) is 24.0 Å². The summed E-state index contributed by atoms with van der Waals surface area (Å²) in [5.74, 6) is 0.295. The van der Waals surface area contributed by atoms with Gasteiger partial charge in [-0.15, -0.1) is 0 Å². The fourth-order valence-corrected chi connectivity index (χ4v) is 5.48. The van der Waals surface area contributed by atoms with Crippen LogP contribution in [0.15, 0.2) is 41.3 Å². The highest BCUT2D eigenvalue weighted by molar-refractivity contribution is 7.89. The quantitative estimate of drug-likeness (QED) is 0.619. The molecule has 0 atom stereocenters. The molecule has 1 aliphatic rings. The van der Waals surface area contributed by atoms with Crippen molar-refractivity contribution in [1.29, 1.82) is 0 Å². The van der Waals surface area contributed by atoms with E-state index in [0.717, 1.165) is 31.2 Å². The van der Waals surface area contributed by atoms with Crippen LogP contribution >= 0.6 is 11.6 Å². The van der Waals surface area contributed by atoms with E-state index in [0.29, 0.717) is 35.0 Å². The average Bonchev–Trinajstić information content (AvgIpc) is 3.04. The molecular weight excluding hydrogens is 436 g/mol. The van der Waals surface area contributed by atoms with Gasteiger partial charge in [0.2, 0.25) is 10.0 Å². The SMILES string of the molecule is Cc1ccc(OCCNC(=O)c2ccc(C)c(S(=O)(=O)N3CCCCCC3)c2)cc1Cl. The summed E-state index contributed by atoms with van der Waals surface area (Å²) >= 11 is 6.08. The van der Waals surface area contributed by atoms with Crippen molar-refractivity contribution in [1.82, 2.24) is 9.62 Å². The predicted molar refractivity (Wildman–Crippen MR) is 122 cm³/mol. The third-order valence-corrected chi connectivity index (χ3v) is 7.88. The maximum Gasteiger partial charge on any atom is 0.251 e. The molecule has 1 aliphatic heterocycles. The fraction of sp³-hybridized carbons (Fsp3) is 0.435. The number of nitrogens with zero attached hydrogens (tertiary/aromatic N) is 1. The van der Waals surface area contributed by atoms with Crippen molar-refractivity contribution in [3.05, 3.63) is 58.1 Å². The number of carbonyl (C=O) groups is 1. The van der Waals surface area contributed by atoms with Gasteiger partial charge in [-0.2, -0.15) is 4.31 Å². The third-order valence-electron chi connectivity index (χ3n) is 5.43. The Balaban J connectivity index is 1.63. The van der Waals surface area contributed by atoms with Crippen molar-refractivity contribution in [2.45, 2.75) is 44.4 Å². The van der Waals surface area contributed by atoms with Gasteiger partial charge in [-0.05, 0) is 62.1 Å². The van der Waals surface area contributed by atoms with Gasteiger partial charge in [0, 0.05) is 23.7 Å². The minimum atomic E-state index is -3.62. The zero-order valence-corrected chi connectivity index (χ0v) is 19.6. The Kier molecular flexibility index (Phi) is 7.97. The molecule has 0 unspecified atom stereocenters. The minimum absolute atomic E-state index is 0.201. The summed E-state index contributed by atoms with van der Waals surface area (Å²) in [6.07, 6.45) is 3.82. The maximum atomic E-state index is 13.2. The van der Waals surface area contributed by atoms with E-state index in [2.05, 4.69) is 5.32 Å². The van der Waals surface area contributed by atoms with E-state index in [1.807, 2.05) is 19.1 Å².